The Balaban J connectivity index is 1.89. The highest BCUT2D eigenvalue weighted by Gasteiger charge is 2.17. The number of carboxylic acids is 1. The van der Waals surface area contributed by atoms with Crippen LogP contribution >= 0.6 is 0 Å². The van der Waals surface area contributed by atoms with E-state index in [1.54, 1.807) is 25.1 Å². The molecule has 0 unspecified atom stereocenters. The first-order valence-corrected chi connectivity index (χ1v) is 8.58. The van der Waals surface area contributed by atoms with Crippen molar-refractivity contribution in [1.82, 2.24) is 9.97 Å². The van der Waals surface area contributed by atoms with E-state index in [2.05, 4.69) is 9.97 Å². The molecule has 2 aromatic carbocycles. The van der Waals surface area contributed by atoms with Crippen molar-refractivity contribution in [3.63, 3.8) is 0 Å². The molecule has 154 valence electrons. The number of halogens is 2. The SMILES string of the molecule is CO/C=C(/C(=O)O)c1cccc(Oc2cc(Oc3c(F)cccc3F)ncn2)c1C. The van der Waals surface area contributed by atoms with Crippen LogP contribution < -0.4 is 9.47 Å². The van der Waals surface area contributed by atoms with Gasteiger partial charge in [0, 0.05) is 0 Å². The van der Waals surface area contributed by atoms with Crippen LogP contribution in [0.3, 0.4) is 0 Å². The first kappa shape index (κ1) is 20.7. The molecule has 0 atom stereocenters. The van der Waals surface area contributed by atoms with Gasteiger partial charge in [-0.2, -0.15) is 0 Å². The largest absolute Gasteiger partial charge is 0.503 e. The van der Waals surface area contributed by atoms with Crippen molar-refractivity contribution in [3.05, 3.63) is 77.8 Å². The molecule has 0 fully saturated rings. The van der Waals surface area contributed by atoms with Gasteiger partial charge >= 0.3 is 5.97 Å². The van der Waals surface area contributed by atoms with Gasteiger partial charge in [0.15, 0.2) is 11.6 Å². The highest BCUT2D eigenvalue weighted by Crippen LogP contribution is 2.32. The number of methoxy groups -OCH3 is 1. The van der Waals surface area contributed by atoms with Crippen LogP contribution in [-0.4, -0.2) is 28.2 Å². The van der Waals surface area contributed by atoms with Crippen molar-refractivity contribution in [2.24, 2.45) is 0 Å². The molecule has 0 saturated carbocycles. The molecule has 1 N–H and O–H groups in total. The Morgan fingerprint density at radius 1 is 1.03 bits per heavy atom. The zero-order valence-corrected chi connectivity index (χ0v) is 15.9. The van der Waals surface area contributed by atoms with E-state index in [0.717, 1.165) is 24.7 Å². The van der Waals surface area contributed by atoms with Crippen molar-refractivity contribution in [1.29, 1.82) is 0 Å². The van der Waals surface area contributed by atoms with Gasteiger partial charge in [-0.3, -0.25) is 0 Å². The molecule has 0 spiro atoms. The van der Waals surface area contributed by atoms with Gasteiger partial charge in [0.25, 0.3) is 0 Å². The van der Waals surface area contributed by atoms with Crippen LogP contribution in [0.15, 0.2) is 55.1 Å². The average Bonchev–Trinajstić information content (AvgIpc) is 2.71. The van der Waals surface area contributed by atoms with Gasteiger partial charge in [-0.15, -0.1) is 0 Å². The van der Waals surface area contributed by atoms with Gasteiger partial charge < -0.3 is 19.3 Å². The molecule has 3 aromatic rings. The fourth-order valence-corrected chi connectivity index (χ4v) is 2.60. The Morgan fingerprint density at radius 3 is 2.30 bits per heavy atom. The van der Waals surface area contributed by atoms with Crippen molar-refractivity contribution in [2.75, 3.05) is 7.11 Å². The Morgan fingerprint density at radius 2 is 1.67 bits per heavy atom. The van der Waals surface area contributed by atoms with Crippen molar-refractivity contribution >= 4 is 11.5 Å². The van der Waals surface area contributed by atoms with E-state index >= 15 is 0 Å². The van der Waals surface area contributed by atoms with Crippen molar-refractivity contribution in [2.45, 2.75) is 6.92 Å². The molecule has 0 radical (unpaired) electrons. The number of carbonyl (C=O) groups is 1. The molecule has 0 amide bonds. The summed E-state index contributed by atoms with van der Waals surface area (Å²) in [7, 11) is 1.35. The molecule has 9 heteroatoms. The summed E-state index contributed by atoms with van der Waals surface area (Å²) in [4.78, 5) is 19.3. The molecule has 0 aliphatic rings. The monoisotopic (exact) mass is 414 g/mol. The fourth-order valence-electron chi connectivity index (χ4n) is 2.60. The Bertz CT molecular complexity index is 1100. The summed E-state index contributed by atoms with van der Waals surface area (Å²) < 4.78 is 43.3. The molecular weight excluding hydrogens is 398 g/mol. The minimum absolute atomic E-state index is 0.0320. The van der Waals surface area contributed by atoms with Crippen LogP contribution in [0.2, 0.25) is 0 Å². The number of nitrogens with zero attached hydrogens (tertiary/aromatic N) is 2. The second-order valence-electron chi connectivity index (χ2n) is 5.95. The molecule has 1 aromatic heterocycles. The zero-order valence-electron chi connectivity index (χ0n) is 15.9. The second kappa shape index (κ2) is 8.99. The number of aromatic nitrogens is 2. The van der Waals surface area contributed by atoms with Crippen molar-refractivity contribution < 1.29 is 32.9 Å². The lowest BCUT2D eigenvalue weighted by Crippen LogP contribution is -2.03. The average molecular weight is 414 g/mol. The van der Waals surface area contributed by atoms with E-state index in [1.165, 1.54) is 19.2 Å². The first-order valence-electron chi connectivity index (χ1n) is 8.58. The van der Waals surface area contributed by atoms with Crippen LogP contribution in [0.25, 0.3) is 5.57 Å². The summed E-state index contributed by atoms with van der Waals surface area (Å²) in [6, 6.07) is 9.41. The van der Waals surface area contributed by atoms with Gasteiger partial charge in [-0.25, -0.2) is 23.5 Å². The smallest absolute Gasteiger partial charge is 0.339 e. The maximum Gasteiger partial charge on any atom is 0.339 e. The highest BCUT2D eigenvalue weighted by atomic mass is 19.1. The number of hydrogen-bond acceptors (Lipinski definition) is 6. The number of aliphatic carboxylic acids is 1. The topological polar surface area (TPSA) is 90.8 Å². The molecule has 0 aliphatic carbocycles. The normalized spacial score (nSPS) is 11.1. The predicted octanol–water partition coefficient (Wildman–Crippen LogP) is 4.72. The minimum Gasteiger partial charge on any atom is -0.503 e. The highest BCUT2D eigenvalue weighted by molar-refractivity contribution is 6.15. The number of rotatable bonds is 7. The molecule has 30 heavy (non-hydrogen) atoms. The maximum atomic E-state index is 13.8. The van der Waals surface area contributed by atoms with Gasteiger partial charge in [-0.05, 0) is 36.2 Å². The zero-order chi connectivity index (χ0) is 21.7. The van der Waals surface area contributed by atoms with E-state index < -0.39 is 23.4 Å². The molecule has 1 heterocycles. The number of para-hydroxylation sites is 1. The number of benzene rings is 2. The third kappa shape index (κ3) is 4.52. The van der Waals surface area contributed by atoms with Crippen LogP contribution in [0.1, 0.15) is 11.1 Å². The summed E-state index contributed by atoms with van der Waals surface area (Å²) in [6.07, 6.45) is 2.23. The van der Waals surface area contributed by atoms with Gasteiger partial charge in [0.05, 0.1) is 19.4 Å². The molecule has 3 rings (SSSR count). The number of hydrogen-bond donors (Lipinski definition) is 1. The van der Waals surface area contributed by atoms with E-state index in [-0.39, 0.29) is 17.3 Å². The molecule has 0 aliphatic heterocycles. The number of carboxylic acid groups (broad SMARTS) is 1. The fraction of sp³-hybridized carbons (Fsp3) is 0.0952. The second-order valence-corrected chi connectivity index (χ2v) is 5.95. The van der Waals surface area contributed by atoms with Crippen LogP contribution in [0.5, 0.6) is 23.3 Å². The molecular formula is C21H16F2N2O5. The Kier molecular flexibility index (Phi) is 6.21. The van der Waals surface area contributed by atoms with Gasteiger partial charge in [0.2, 0.25) is 17.5 Å². The van der Waals surface area contributed by atoms with Crippen LogP contribution in [0, 0.1) is 18.6 Å². The van der Waals surface area contributed by atoms with Crippen molar-refractivity contribution in [3.8, 4) is 23.3 Å². The quantitative estimate of drug-likeness (QED) is 0.442. The summed E-state index contributed by atoms with van der Waals surface area (Å²) in [5.74, 6) is -3.32. The van der Waals surface area contributed by atoms with Crippen LogP contribution in [-0.2, 0) is 9.53 Å². The third-order valence-corrected chi connectivity index (χ3v) is 4.00. The lowest BCUT2D eigenvalue weighted by molar-refractivity contribution is -0.130. The number of ether oxygens (including phenoxy) is 3. The summed E-state index contributed by atoms with van der Waals surface area (Å²) >= 11 is 0. The van der Waals surface area contributed by atoms with Gasteiger partial charge in [0.1, 0.15) is 17.6 Å². The van der Waals surface area contributed by atoms with E-state index in [0.29, 0.717) is 16.9 Å². The summed E-state index contributed by atoms with van der Waals surface area (Å²) in [5.41, 5.74) is 0.854. The summed E-state index contributed by atoms with van der Waals surface area (Å²) in [5, 5.41) is 9.40. The molecule has 0 saturated heterocycles. The minimum atomic E-state index is -1.17. The Labute approximate surface area is 170 Å². The Hall–Kier alpha value is -4.01. The van der Waals surface area contributed by atoms with Gasteiger partial charge in [-0.1, -0.05) is 18.2 Å². The third-order valence-electron chi connectivity index (χ3n) is 4.00. The lowest BCUT2D eigenvalue weighted by Gasteiger charge is -2.13. The standard InChI is InChI=1S/C21H16F2N2O5/c1-12-13(14(10-28-2)21(26)27)5-3-8-17(12)29-18-9-19(25-11-24-18)30-20-15(22)6-4-7-16(20)23/h3-11H,1-2H3,(H,26,27)/b14-10+. The molecule has 7 nitrogen and oxygen atoms in total. The predicted molar refractivity (Wildman–Crippen MR) is 102 cm³/mol. The lowest BCUT2D eigenvalue weighted by atomic mass is 10.0. The van der Waals surface area contributed by atoms with Crippen LogP contribution in [0.4, 0.5) is 8.78 Å². The molecule has 0 bridgehead atoms. The van der Waals surface area contributed by atoms with E-state index in [4.69, 9.17) is 14.2 Å². The summed E-state index contributed by atoms with van der Waals surface area (Å²) in [6.45, 7) is 1.67. The first-order chi connectivity index (χ1) is 14.4. The van der Waals surface area contributed by atoms with E-state index in [9.17, 15) is 18.7 Å². The van der Waals surface area contributed by atoms with E-state index in [1.807, 2.05) is 0 Å². The maximum absolute atomic E-state index is 13.8.